The highest BCUT2D eigenvalue weighted by Crippen LogP contribution is 2.05. The molecule has 0 N–H and O–H groups in total. The molecule has 0 aromatic rings. The van der Waals surface area contributed by atoms with Crippen LogP contribution < -0.4 is 0 Å². The van der Waals surface area contributed by atoms with Gasteiger partial charge in [0.15, 0.2) is 0 Å². The Morgan fingerprint density at radius 1 is 0.750 bits per heavy atom. The molecular weight excluding hydrogens is 316 g/mol. The van der Waals surface area contributed by atoms with Gasteiger partial charge in [0.2, 0.25) is 0 Å². The number of methoxy groups -OCH3 is 2. The summed E-state index contributed by atoms with van der Waals surface area (Å²) in [5.74, 6) is -0.527. The van der Waals surface area contributed by atoms with E-state index in [1.807, 2.05) is 23.6 Å². The topological polar surface area (TPSA) is 77.5 Å². The van der Waals surface area contributed by atoms with Crippen molar-refractivity contribution in [3.8, 4) is 0 Å². The predicted octanol–water partition coefficient (Wildman–Crippen LogP) is -0.240. The van der Waals surface area contributed by atoms with Crippen LogP contribution in [-0.4, -0.2) is 101 Å². The molecule has 0 aromatic carbocycles. The summed E-state index contributed by atoms with van der Waals surface area (Å²) in [6.45, 7) is 8.11. The van der Waals surface area contributed by atoms with Crippen molar-refractivity contribution in [2.24, 2.45) is 0 Å². The van der Waals surface area contributed by atoms with Gasteiger partial charge in [-0.2, -0.15) is 0 Å². The maximum absolute atomic E-state index is 11.7. The first-order valence-corrected chi connectivity index (χ1v) is 8.30. The zero-order valence-corrected chi connectivity index (χ0v) is 15.2. The minimum Gasteiger partial charge on any atom is -0.468 e. The average molecular weight is 346 g/mol. The van der Waals surface area contributed by atoms with Crippen molar-refractivity contribution in [2.75, 3.05) is 66.8 Å². The fraction of sp³-hybridized carbons (Fsp3) is 0.875. The Bertz CT molecular complexity index is 345. The Hall–Kier alpha value is -1.22. The maximum atomic E-state index is 11.7. The number of hydrogen-bond donors (Lipinski definition) is 0. The Labute approximate surface area is 144 Å². The lowest BCUT2D eigenvalue weighted by Crippen LogP contribution is -2.46. The van der Waals surface area contributed by atoms with E-state index in [0.29, 0.717) is 52.6 Å². The molecule has 1 heterocycles. The minimum atomic E-state index is -0.332. The number of esters is 2. The van der Waals surface area contributed by atoms with E-state index in [1.54, 1.807) is 0 Å². The van der Waals surface area contributed by atoms with Crippen molar-refractivity contribution in [1.29, 1.82) is 0 Å². The van der Waals surface area contributed by atoms with E-state index in [2.05, 4.69) is 0 Å². The van der Waals surface area contributed by atoms with Crippen LogP contribution in [-0.2, 0) is 28.5 Å². The van der Waals surface area contributed by atoms with Crippen molar-refractivity contribution in [1.82, 2.24) is 9.80 Å². The molecule has 1 aliphatic heterocycles. The van der Waals surface area contributed by atoms with Gasteiger partial charge in [-0.3, -0.25) is 19.4 Å². The van der Waals surface area contributed by atoms with Gasteiger partial charge >= 0.3 is 11.9 Å². The van der Waals surface area contributed by atoms with Crippen LogP contribution in [0.3, 0.4) is 0 Å². The van der Waals surface area contributed by atoms with E-state index < -0.39 is 0 Å². The first kappa shape index (κ1) is 20.8. The van der Waals surface area contributed by atoms with Gasteiger partial charge in [0, 0.05) is 26.2 Å². The first-order valence-electron chi connectivity index (χ1n) is 8.30. The third kappa shape index (κ3) is 6.72. The zero-order valence-electron chi connectivity index (χ0n) is 15.2. The van der Waals surface area contributed by atoms with Crippen LogP contribution in [0.2, 0.25) is 0 Å². The smallest absolute Gasteiger partial charge is 0.322 e. The number of hydrogen-bond acceptors (Lipinski definition) is 8. The summed E-state index contributed by atoms with van der Waals surface area (Å²) in [5.41, 5.74) is 0. The summed E-state index contributed by atoms with van der Waals surface area (Å²) in [5, 5.41) is 0. The van der Waals surface area contributed by atoms with E-state index in [9.17, 15) is 9.59 Å². The minimum absolute atomic E-state index is 0.264. The lowest BCUT2D eigenvalue weighted by molar-refractivity contribution is -0.147. The van der Waals surface area contributed by atoms with Crippen LogP contribution in [0.4, 0.5) is 0 Å². The quantitative estimate of drug-likeness (QED) is 0.646. The van der Waals surface area contributed by atoms with Crippen LogP contribution in [0.15, 0.2) is 0 Å². The van der Waals surface area contributed by atoms with Crippen LogP contribution in [0.5, 0.6) is 0 Å². The molecule has 1 aliphatic rings. The summed E-state index contributed by atoms with van der Waals surface area (Å²) in [6, 6.07) is -0.665. The van der Waals surface area contributed by atoms with Gasteiger partial charge in [0.1, 0.15) is 12.1 Å². The van der Waals surface area contributed by atoms with Crippen molar-refractivity contribution in [3.63, 3.8) is 0 Å². The van der Waals surface area contributed by atoms with Gasteiger partial charge in [-0.05, 0) is 13.8 Å². The molecular formula is C16H30N2O6. The van der Waals surface area contributed by atoms with Gasteiger partial charge in [0.05, 0.1) is 40.6 Å². The molecule has 8 heteroatoms. The number of ether oxygens (including phenoxy) is 4. The third-order valence-electron chi connectivity index (χ3n) is 4.27. The zero-order chi connectivity index (χ0) is 17.9. The lowest BCUT2D eigenvalue weighted by atomic mass is 10.2. The van der Waals surface area contributed by atoms with Crippen LogP contribution in [0, 0.1) is 0 Å². The van der Waals surface area contributed by atoms with Crippen molar-refractivity contribution < 1.29 is 28.5 Å². The van der Waals surface area contributed by atoms with Crippen LogP contribution in [0.1, 0.15) is 13.8 Å². The molecule has 140 valence electrons. The highest BCUT2D eigenvalue weighted by Gasteiger charge is 2.24. The molecule has 1 fully saturated rings. The molecule has 0 aliphatic carbocycles. The predicted molar refractivity (Wildman–Crippen MR) is 87.7 cm³/mol. The normalized spacial score (nSPS) is 21.8. The van der Waals surface area contributed by atoms with Crippen LogP contribution in [0.25, 0.3) is 0 Å². The molecule has 0 saturated carbocycles. The second kappa shape index (κ2) is 11.4. The fourth-order valence-corrected chi connectivity index (χ4v) is 2.57. The molecule has 8 nitrogen and oxygen atoms in total. The SMILES string of the molecule is COC(=O)[C@H](C)N1CCOCCN([C@@H](C)C(=O)OC)CCOCC1. The monoisotopic (exact) mass is 346 g/mol. The Morgan fingerprint density at radius 2 is 1.04 bits per heavy atom. The Morgan fingerprint density at radius 3 is 1.29 bits per heavy atom. The van der Waals surface area contributed by atoms with E-state index in [4.69, 9.17) is 18.9 Å². The Balaban J connectivity index is 2.55. The highest BCUT2D eigenvalue weighted by atomic mass is 16.5. The van der Waals surface area contributed by atoms with Crippen molar-refractivity contribution >= 4 is 11.9 Å². The average Bonchev–Trinajstić information content (AvgIpc) is 2.59. The maximum Gasteiger partial charge on any atom is 0.322 e. The van der Waals surface area contributed by atoms with Crippen molar-refractivity contribution in [3.05, 3.63) is 0 Å². The summed E-state index contributed by atoms with van der Waals surface area (Å²) >= 11 is 0. The van der Waals surface area contributed by atoms with Gasteiger partial charge in [0.25, 0.3) is 0 Å². The van der Waals surface area contributed by atoms with Crippen LogP contribution >= 0.6 is 0 Å². The molecule has 0 aromatic heterocycles. The van der Waals surface area contributed by atoms with E-state index in [-0.39, 0.29) is 24.0 Å². The summed E-state index contributed by atoms with van der Waals surface area (Å²) in [6.07, 6.45) is 0. The fourth-order valence-electron chi connectivity index (χ4n) is 2.57. The number of rotatable bonds is 4. The summed E-state index contributed by atoms with van der Waals surface area (Å²) in [4.78, 5) is 27.4. The number of carbonyl (C=O) groups excluding carboxylic acids is 2. The molecule has 1 saturated heterocycles. The highest BCUT2D eigenvalue weighted by molar-refractivity contribution is 5.75. The van der Waals surface area contributed by atoms with Gasteiger partial charge in [-0.25, -0.2) is 0 Å². The number of nitrogens with zero attached hydrogens (tertiary/aromatic N) is 2. The van der Waals surface area contributed by atoms with E-state index in [1.165, 1.54) is 14.2 Å². The number of carbonyl (C=O) groups is 2. The molecule has 0 radical (unpaired) electrons. The van der Waals surface area contributed by atoms with Gasteiger partial charge < -0.3 is 18.9 Å². The molecule has 0 spiro atoms. The van der Waals surface area contributed by atoms with E-state index >= 15 is 0 Å². The third-order valence-corrected chi connectivity index (χ3v) is 4.27. The molecule has 24 heavy (non-hydrogen) atoms. The molecule has 1 rings (SSSR count). The first-order chi connectivity index (χ1) is 11.5. The largest absolute Gasteiger partial charge is 0.468 e. The summed E-state index contributed by atoms with van der Waals surface area (Å²) < 4.78 is 20.9. The molecule has 0 unspecified atom stereocenters. The Kier molecular flexibility index (Phi) is 9.85. The van der Waals surface area contributed by atoms with Crippen molar-refractivity contribution in [2.45, 2.75) is 25.9 Å². The summed E-state index contributed by atoms with van der Waals surface area (Å²) in [7, 11) is 2.78. The molecule has 0 amide bonds. The van der Waals surface area contributed by atoms with Gasteiger partial charge in [-0.1, -0.05) is 0 Å². The second-order valence-electron chi connectivity index (χ2n) is 5.69. The molecule has 2 atom stereocenters. The standard InChI is InChI=1S/C16H30N2O6/c1-13(15(19)21-3)17-5-9-23-11-7-18(8-12-24-10-6-17)14(2)16(20)22-4/h13-14H,5-12H2,1-4H3/t13-,14-/m0/s1. The lowest BCUT2D eigenvalue weighted by Gasteiger charge is -2.30. The molecule has 0 bridgehead atoms. The second-order valence-corrected chi connectivity index (χ2v) is 5.69. The van der Waals surface area contributed by atoms with Gasteiger partial charge in [-0.15, -0.1) is 0 Å². The van der Waals surface area contributed by atoms with E-state index in [0.717, 1.165) is 0 Å².